The van der Waals surface area contributed by atoms with Crippen molar-refractivity contribution in [3.8, 4) is 17.7 Å². The molecule has 3 heterocycles. The minimum Gasteiger partial charge on any atom is -0.473 e. The van der Waals surface area contributed by atoms with Crippen LogP contribution in [0.25, 0.3) is 0 Å². The third kappa shape index (κ3) is 8.33. The van der Waals surface area contributed by atoms with Gasteiger partial charge in [0.25, 0.3) is 0 Å². The zero-order chi connectivity index (χ0) is 27.0. The van der Waals surface area contributed by atoms with Crippen molar-refractivity contribution >= 4 is 11.9 Å². The van der Waals surface area contributed by atoms with Gasteiger partial charge in [-0.3, -0.25) is 0 Å². The zero-order valence-electron chi connectivity index (χ0n) is 22.4. The molecule has 2 saturated heterocycles. The van der Waals surface area contributed by atoms with Crippen molar-refractivity contribution in [3.63, 3.8) is 0 Å². The van der Waals surface area contributed by atoms with E-state index in [9.17, 15) is 9.18 Å². The molecule has 0 N–H and O–H groups in total. The molecule has 1 amide bonds. The van der Waals surface area contributed by atoms with Crippen LogP contribution in [0.3, 0.4) is 0 Å². The number of carbonyl (C=O) groups excluding carboxylic acids is 1. The van der Waals surface area contributed by atoms with Gasteiger partial charge in [0.2, 0.25) is 5.88 Å². The third-order valence-electron chi connectivity index (χ3n) is 6.10. The van der Waals surface area contributed by atoms with E-state index in [-0.39, 0.29) is 31.4 Å². The number of piperazine rings is 1. The SMILES string of the molecule is CC(C)(C)OC(=O)N1CCN(c2cccc(OCc3ccc(C#CCOC4CCCCO4)cc3F)n2)CC1. The fraction of sp³-hybridized carbons (Fsp3) is 0.517. The van der Waals surface area contributed by atoms with Gasteiger partial charge >= 0.3 is 6.09 Å². The first-order valence-electron chi connectivity index (χ1n) is 13.1. The summed E-state index contributed by atoms with van der Waals surface area (Å²) in [7, 11) is 0. The predicted molar refractivity (Wildman–Crippen MR) is 141 cm³/mol. The highest BCUT2D eigenvalue weighted by molar-refractivity contribution is 5.68. The number of ether oxygens (including phenoxy) is 4. The van der Waals surface area contributed by atoms with E-state index in [2.05, 4.69) is 21.7 Å². The molecule has 204 valence electrons. The molecule has 9 heteroatoms. The van der Waals surface area contributed by atoms with Crippen LogP contribution in [0.1, 0.15) is 51.2 Å². The van der Waals surface area contributed by atoms with Crippen LogP contribution in [-0.4, -0.2) is 67.3 Å². The molecule has 2 aliphatic heterocycles. The normalized spacial score (nSPS) is 17.9. The first-order valence-corrected chi connectivity index (χ1v) is 13.1. The molecule has 2 aromatic rings. The van der Waals surface area contributed by atoms with Gasteiger partial charge in [0.05, 0.1) is 0 Å². The molecular weight excluding hydrogens is 489 g/mol. The number of rotatable bonds is 6. The molecule has 0 saturated carbocycles. The van der Waals surface area contributed by atoms with Crippen molar-refractivity contribution in [2.24, 2.45) is 0 Å². The summed E-state index contributed by atoms with van der Waals surface area (Å²) in [4.78, 5) is 20.7. The Morgan fingerprint density at radius 1 is 1.16 bits per heavy atom. The number of hydrogen-bond donors (Lipinski definition) is 0. The second kappa shape index (κ2) is 12.9. The predicted octanol–water partition coefficient (Wildman–Crippen LogP) is 4.75. The Morgan fingerprint density at radius 3 is 2.68 bits per heavy atom. The second-order valence-electron chi connectivity index (χ2n) is 10.3. The van der Waals surface area contributed by atoms with Crippen LogP contribution in [0.4, 0.5) is 15.0 Å². The summed E-state index contributed by atoms with van der Waals surface area (Å²) in [5.41, 5.74) is 0.471. The standard InChI is InChI=1S/C29H36FN3O5/c1-29(2,3)38-28(34)33-16-14-32(15-17-33)25-9-6-10-26(31-25)37-21-23-13-12-22(20-24(23)30)8-7-19-36-27-11-4-5-18-35-27/h6,9-10,12-13,20,27H,4-5,11,14-19,21H2,1-3H3. The molecule has 0 aliphatic carbocycles. The number of anilines is 1. The lowest BCUT2D eigenvalue weighted by atomic mass is 10.1. The van der Waals surface area contributed by atoms with Crippen LogP contribution < -0.4 is 9.64 Å². The minimum atomic E-state index is -0.520. The number of pyridine rings is 1. The van der Waals surface area contributed by atoms with Crippen LogP contribution in [0.15, 0.2) is 36.4 Å². The van der Waals surface area contributed by atoms with Gasteiger partial charge in [0.1, 0.15) is 30.4 Å². The fourth-order valence-corrected chi connectivity index (χ4v) is 4.11. The monoisotopic (exact) mass is 525 g/mol. The molecule has 0 spiro atoms. The highest BCUT2D eigenvalue weighted by Gasteiger charge is 2.26. The van der Waals surface area contributed by atoms with Crippen molar-refractivity contribution < 1.29 is 28.1 Å². The number of nitrogens with zero attached hydrogens (tertiary/aromatic N) is 3. The molecule has 1 aromatic carbocycles. The lowest BCUT2D eigenvalue weighted by Crippen LogP contribution is -2.50. The molecular formula is C29H36FN3O5. The Balaban J connectivity index is 1.26. The summed E-state index contributed by atoms with van der Waals surface area (Å²) < 4.78 is 37.0. The Kier molecular flexibility index (Phi) is 9.43. The molecule has 2 aliphatic rings. The van der Waals surface area contributed by atoms with E-state index in [0.29, 0.717) is 43.2 Å². The minimum absolute atomic E-state index is 0.0462. The average molecular weight is 526 g/mol. The van der Waals surface area contributed by atoms with Crippen LogP contribution in [0, 0.1) is 17.7 Å². The van der Waals surface area contributed by atoms with Crippen molar-refractivity contribution in [1.82, 2.24) is 9.88 Å². The molecule has 4 rings (SSSR count). The maximum Gasteiger partial charge on any atom is 0.410 e. The molecule has 1 aromatic heterocycles. The number of benzene rings is 1. The summed E-state index contributed by atoms with van der Waals surface area (Å²) >= 11 is 0. The number of hydrogen-bond acceptors (Lipinski definition) is 7. The number of carbonyl (C=O) groups is 1. The summed E-state index contributed by atoms with van der Waals surface area (Å²) in [6.07, 6.45) is 2.55. The number of halogens is 1. The van der Waals surface area contributed by atoms with Crippen molar-refractivity contribution in [2.45, 2.75) is 58.5 Å². The highest BCUT2D eigenvalue weighted by atomic mass is 19.1. The zero-order valence-corrected chi connectivity index (χ0v) is 22.4. The number of amides is 1. The topological polar surface area (TPSA) is 73.4 Å². The first kappa shape index (κ1) is 27.7. The van der Waals surface area contributed by atoms with E-state index >= 15 is 0 Å². The maximum absolute atomic E-state index is 14.7. The molecule has 38 heavy (non-hydrogen) atoms. The van der Waals surface area contributed by atoms with Crippen LogP contribution in [0.5, 0.6) is 5.88 Å². The summed E-state index contributed by atoms with van der Waals surface area (Å²) in [6, 6.07) is 10.3. The van der Waals surface area contributed by atoms with Gasteiger partial charge in [-0.05, 0) is 58.2 Å². The van der Waals surface area contributed by atoms with E-state index < -0.39 is 5.60 Å². The molecule has 1 unspecified atom stereocenters. The largest absolute Gasteiger partial charge is 0.473 e. The fourth-order valence-electron chi connectivity index (χ4n) is 4.11. The summed E-state index contributed by atoms with van der Waals surface area (Å²) in [6.45, 7) is 8.93. The third-order valence-corrected chi connectivity index (χ3v) is 6.10. The molecule has 0 radical (unpaired) electrons. The quantitative estimate of drug-likeness (QED) is 0.504. The summed E-state index contributed by atoms with van der Waals surface area (Å²) in [5, 5.41) is 0. The van der Waals surface area contributed by atoms with E-state index in [4.69, 9.17) is 18.9 Å². The van der Waals surface area contributed by atoms with E-state index in [1.54, 1.807) is 23.1 Å². The van der Waals surface area contributed by atoms with Gasteiger partial charge in [-0.2, -0.15) is 4.98 Å². The average Bonchev–Trinajstić information content (AvgIpc) is 2.90. The lowest BCUT2D eigenvalue weighted by Gasteiger charge is -2.36. The summed E-state index contributed by atoms with van der Waals surface area (Å²) in [5.74, 6) is 6.61. The van der Waals surface area contributed by atoms with E-state index in [1.165, 1.54) is 6.07 Å². The van der Waals surface area contributed by atoms with Gasteiger partial charge in [0, 0.05) is 50.0 Å². The Morgan fingerprint density at radius 2 is 1.97 bits per heavy atom. The van der Waals surface area contributed by atoms with Gasteiger partial charge < -0.3 is 28.7 Å². The van der Waals surface area contributed by atoms with Gasteiger partial charge in [0.15, 0.2) is 6.29 Å². The molecule has 8 nitrogen and oxygen atoms in total. The highest BCUT2D eigenvalue weighted by Crippen LogP contribution is 2.20. The van der Waals surface area contributed by atoms with Gasteiger partial charge in [-0.25, -0.2) is 9.18 Å². The molecule has 0 bridgehead atoms. The Hall–Kier alpha value is -3.35. The molecule has 1 atom stereocenters. The van der Waals surface area contributed by atoms with Crippen LogP contribution >= 0.6 is 0 Å². The second-order valence-corrected chi connectivity index (χ2v) is 10.3. The smallest absolute Gasteiger partial charge is 0.410 e. The van der Waals surface area contributed by atoms with Crippen molar-refractivity contribution in [1.29, 1.82) is 0 Å². The van der Waals surface area contributed by atoms with Crippen molar-refractivity contribution in [2.75, 3.05) is 44.3 Å². The number of aromatic nitrogens is 1. The van der Waals surface area contributed by atoms with Gasteiger partial charge in [-0.1, -0.05) is 24.0 Å². The van der Waals surface area contributed by atoms with Crippen molar-refractivity contribution in [3.05, 3.63) is 53.3 Å². The lowest BCUT2D eigenvalue weighted by molar-refractivity contribution is -0.154. The maximum atomic E-state index is 14.7. The van der Waals surface area contributed by atoms with E-state index in [0.717, 1.165) is 31.7 Å². The first-order chi connectivity index (χ1) is 18.3. The van der Waals surface area contributed by atoms with Gasteiger partial charge in [-0.15, -0.1) is 0 Å². The Labute approximate surface area is 224 Å². The van der Waals surface area contributed by atoms with E-state index in [1.807, 2.05) is 32.9 Å². The Bertz CT molecular complexity index is 1140. The molecule has 2 fully saturated rings. The van der Waals surface area contributed by atoms with Crippen LogP contribution in [-0.2, 0) is 20.8 Å². The van der Waals surface area contributed by atoms with Crippen LogP contribution in [0.2, 0.25) is 0 Å².